The summed E-state index contributed by atoms with van der Waals surface area (Å²) < 4.78 is 61.8. The van der Waals surface area contributed by atoms with Crippen molar-refractivity contribution in [1.29, 1.82) is 0 Å². The first-order chi connectivity index (χ1) is 17.5. The molecule has 1 saturated carbocycles. The van der Waals surface area contributed by atoms with Crippen molar-refractivity contribution in [2.24, 2.45) is 16.8 Å². The van der Waals surface area contributed by atoms with Crippen LogP contribution in [0.4, 0.5) is 13.2 Å². The molecule has 1 aliphatic carbocycles. The van der Waals surface area contributed by atoms with Crippen molar-refractivity contribution in [2.45, 2.75) is 30.7 Å². The van der Waals surface area contributed by atoms with E-state index in [1.165, 1.54) is 4.90 Å². The van der Waals surface area contributed by atoms with Crippen LogP contribution >= 0.6 is 0 Å². The van der Waals surface area contributed by atoms with Crippen molar-refractivity contribution in [1.82, 2.24) is 19.8 Å². The van der Waals surface area contributed by atoms with Gasteiger partial charge in [-0.15, -0.1) is 0 Å². The van der Waals surface area contributed by atoms with Crippen LogP contribution in [0.2, 0.25) is 0 Å². The lowest BCUT2D eigenvalue weighted by atomic mass is 9.83. The van der Waals surface area contributed by atoms with E-state index in [0.717, 1.165) is 29.8 Å². The standard InChI is InChI=1S/C24H26F3N5O4S/c25-24(26,27)37(35,36)32-11-9-31(10-12-32)21(33)13-15-1-3-16(4-2-15)19-14-20(30-23(34)17-5-6-17)29-22-18(19)7-8-28-22/h1-4,7-8,14,17-19H,5-6,9-13H2,(H,28,29)(H,30,34). The SMILES string of the molecule is O=C(NC1=CC(c2ccc(CC(=O)N3CCN(S(=O)(=O)C(F)(F)F)CC3)cc2)C2C=CN=C2N1)C1CC1. The van der Waals surface area contributed by atoms with Crippen molar-refractivity contribution in [3.8, 4) is 0 Å². The summed E-state index contributed by atoms with van der Waals surface area (Å²) >= 11 is 0. The summed E-state index contributed by atoms with van der Waals surface area (Å²) in [5, 5.41) is 6.12. The molecule has 2 fully saturated rings. The normalized spacial score (nSPS) is 24.1. The predicted octanol–water partition coefficient (Wildman–Crippen LogP) is 1.82. The maximum Gasteiger partial charge on any atom is 0.511 e. The van der Waals surface area contributed by atoms with Crippen LogP contribution in [-0.2, 0) is 26.0 Å². The van der Waals surface area contributed by atoms with Crippen LogP contribution in [0.15, 0.2) is 53.4 Å². The zero-order valence-electron chi connectivity index (χ0n) is 19.7. The highest BCUT2D eigenvalue weighted by atomic mass is 32.2. The number of benzene rings is 1. The molecule has 4 aliphatic rings. The first-order valence-electron chi connectivity index (χ1n) is 12.0. The number of halogens is 3. The second-order valence-corrected chi connectivity index (χ2v) is 11.5. The summed E-state index contributed by atoms with van der Waals surface area (Å²) in [6.07, 6.45) is 7.53. The van der Waals surface area contributed by atoms with Crippen LogP contribution < -0.4 is 10.6 Å². The molecule has 0 radical (unpaired) electrons. The summed E-state index contributed by atoms with van der Waals surface area (Å²) in [7, 11) is -5.39. The molecule has 3 aliphatic heterocycles. The Balaban J connectivity index is 1.21. The number of piperazine rings is 1. The molecule has 37 heavy (non-hydrogen) atoms. The summed E-state index contributed by atoms with van der Waals surface area (Å²) in [5.74, 6) is 1.07. The number of allylic oxidation sites excluding steroid dienone is 1. The van der Waals surface area contributed by atoms with Gasteiger partial charge in [-0.25, -0.2) is 13.4 Å². The maximum absolute atomic E-state index is 12.8. The van der Waals surface area contributed by atoms with Crippen molar-refractivity contribution in [3.63, 3.8) is 0 Å². The molecule has 1 saturated heterocycles. The van der Waals surface area contributed by atoms with E-state index in [1.807, 2.05) is 36.4 Å². The van der Waals surface area contributed by atoms with E-state index in [1.54, 1.807) is 6.20 Å². The second kappa shape index (κ2) is 9.60. The maximum atomic E-state index is 12.8. The number of sulfonamides is 1. The summed E-state index contributed by atoms with van der Waals surface area (Å²) in [5.41, 5.74) is -3.64. The van der Waals surface area contributed by atoms with Gasteiger partial charge in [-0.05, 0) is 30.0 Å². The lowest BCUT2D eigenvalue weighted by molar-refractivity contribution is -0.131. The van der Waals surface area contributed by atoms with Gasteiger partial charge in [0.15, 0.2) is 0 Å². The van der Waals surface area contributed by atoms with Gasteiger partial charge >= 0.3 is 15.5 Å². The van der Waals surface area contributed by atoms with Gasteiger partial charge in [0.25, 0.3) is 0 Å². The molecule has 2 amide bonds. The van der Waals surface area contributed by atoms with E-state index in [2.05, 4.69) is 15.6 Å². The fourth-order valence-corrected chi connectivity index (χ4v) is 5.62. The lowest BCUT2D eigenvalue weighted by Gasteiger charge is -2.34. The molecule has 2 N–H and O–H groups in total. The van der Waals surface area contributed by atoms with Gasteiger partial charge < -0.3 is 15.5 Å². The first-order valence-corrected chi connectivity index (χ1v) is 13.4. The Morgan fingerprint density at radius 1 is 1.05 bits per heavy atom. The highest BCUT2D eigenvalue weighted by molar-refractivity contribution is 7.90. The Kier molecular flexibility index (Phi) is 6.61. The molecule has 198 valence electrons. The van der Waals surface area contributed by atoms with Gasteiger partial charge in [0.2, 0.25) is 11.8 Å². The Morgan fingerprint density at radius 3 is 2.35 bits per heavy atom. The molecule has 0 bridgehead atoms. The van der Waals surface area contributed by atoms with Gasteiger partial charge in [-0.2, -0.15) is 17.5 Å². The lowest BCUT2D eigenvalue weighted by Crippen LogP contribution is -2.53. The third kappa shape index (κ3) is 5.28. The van der Waals surface area contributed by atoms with Crippen molar-refractivity contribution in [2.75, 3.05) is 26.2 Å². The summed E-state index contributed by atoms with van der Waals surface area (Å²) in [4.78, 5) is 30.7. The summed E-state index contributed by atoms with van der Waals surface area (Å²) in [6, 6.07) is 7.47. The topological polar surface area (TPSA) is 111 Å². The molecule has 1 aromatic rings. The number of carbonyl (C=O) groups excluding carboxylic acids is 2. The van der Waals surface area contributed by atoms with Gasteiger partial charge in [-0.3, -0.25) is 9.59 Å². The number of rotatable bonds is 6. The smallest absolute Gasteiger partial charge is 0.340 e. The number of hydrogen-bond acceptors (Lipinski definition) is 6. The number of carbonyl (C=O) groups is 2. The zero-order valence-corrected chi connectivity index (χ0v) is 20.6. The average molecular weight is 538 g/mol. The minimum Gasteiger partial charge on any atom is -0.340 e. The fraction of sp³-hybridized carbons (Fsp3) is 0.458. The van der Waals surface area contributed by atoms with Crippen LogP contribution in [0.3, 0.4) is 0 Å². The molecule has 3 heterocycles. The Morgan fingerprint density at radius 2 is 1.73 bits per heavy atom. The zero-order chi connectivity index (χ0) is 26.4. The fourth-order valence-electron chi connectivity index (χ4n) is 4.69. The van der Waals surface area contributed by atoms with Gasteiger partial charge in [-0.1, -0.05) is 30.3 Å². The molecule has 0 aromatic heterocycles. The van der Waals surface area contributed by atoms with Gasteiger partial charge in [0.05, 0.1) is 6.42 Å². The molecule has 13 heteroatoms. The largest absolute Gasteiger partial charge is 0.511 e. The molecule has 0 spiro atoms. The Bertz CT molecular complexity index is 1280. The van der Waals surface area contributed by atoms with E-state index in [9.17, 15) is 31.2 Å². The summed E-state index contributed by atoms with van der Waals surface area (Å²) in [6.45, 7) is -0.991. The number of amidine groups is 1. The molecule has 5 rings (SSSR count). The minimum absolute atomic E-state index is 0.00154. The van der Waals surface area contributed by atoms with E-state index >= 15 is 0 Å². The van der Waals surface area contributed by atoms with Crippen LogP contribution in [-0.4, -0.2) is 67.0 Å². The highest BCUT2D eigenvalue weighted by Gasteiger charge is 2.50. The van der Waals surface area contributed by atoms with Crippen molar-refractivity contribution >= 4 is 27.7 Å². The second-order valence-electron chi connectivity index (χ2n) is 9.53. The number of amides is 2. The van der Waals surface area contributed by atoms with Crippen LogP contribution in [0.5, 0.6) is 0 Å². The molecular formula is C24H26F3N5O4S. The van der Waals surface area contributed by atoms with E-state index < -0.39 is 28.6 Å². The van der Waals surface area contributed by atoms with E-state index in [4.69, 9.17) is 0 Å². The highest BCUT2D eigenvalue weighted by Crippen LogP contribution is 2.35. The Hall–Kier alpha value is -3.19. The van der Waals surface area contributed by atoms with Crippen LogP contribution in [0, 0.1) is 11.8 Å². The number of alkyl halides is 3. The van der Waals surface area contributed by atoms with Crippen LogP contribution in [0.1, 0.15) is 29.9 Å². The van der Waals surface area contributed by atoms with Crippen LogP contribution in [0.25, 0.3) is 0 Å². The average Bonchev–Trinajstić information content (AvgIpc) is 3.61. The number of aliphatic imine (C=N–C) groups is 1. The van der Waals surface area contributed by atoms with Crippen molar-refractivity contribution in [3.05, 3.63) is 59.6 Å². The van der Waals surface area contributed by atoms with E-state index in [0.29, 0.717) is 10.1 Å². The molecule has 1 aromatic carbocycles. The number of hydrogen-bond donors (Lipinski definition) is 2. The quantitative estimate of drug-likeness (QED) is 0.575. The number of fused-ring (bicyclic) bond motifs is 1. The first kappa shape index (κ1) is 25.5. The predicted molar refractivity (Wildman–Crippen MR) is 128 cm³/mol. The van der Waals surface area contributed by atoms with Gasteiger partial charge in [0.1, 0.15) is 11.7 Å². The third-order valence-electron chi connectivity index (χ3n) is 6.97. The van der Waals surface area contributed by atoms with Crippen molar-refractivity contribution < 1.29 is 31.2 Å². The molecule has 9 nitrogen and oxygen atoms in total. The third-order valence-corrected chi connectivity index (χ3v) is 8.60. The monoisotopic (exact) mass is 537 g/mol. The van der Waals surface area contributed by atoms with E-state index in [-0.39, 0.29) is 49.1 Å². The number of nitrogens with zero attached hydrogens (tertiary/aromatic N) is 3. The van der Waals surface area contributed by atoms with Gasteiger partial charge in [0, 0.05) is 50.1 Å². The molecular weight excluding hydrogens is 511 g/mol. The molecule has 2 atom stereocenters. The molecule has 2 unspecified atom stereocenters. The minimum atomic E-state index is -5.39. The Labute approximate surface area is 212 Å². The number of nitrogens with one attached hydrogen (secondary N) is 2.